The van der Waals surface area contributed by atoms with Crippen LogP contribution in [0.1, 0.15) is 5.76 Å². The number of aliphatic hydroxyl groups excluding tert-OH is 1. The van der Waals surface area contributed by atoms with Crippen LogP contribution < -0.4 is 5.32 Å². The lowest BCUT2D eigenvalue weighted by molar-refractivity contribution is 0.0282. The summed E-state index contributed by atoms with van der Waals surface area (Å²) in [5.74, 6) is 0.717. The number of halogens is 3. The van der Waals surface area contributed by atoms with E-state index in [1.165, 1.54) is 0 Å². The SMILES string of the molecule is OC(CNc1c(Cl)cc(Br)cc1Cl)COCc1ccco1. The van der Waals surface area contributed by atoms with Crippen LogP contribution >= 0.6 is 39.1 Å². The molecule has 21 heavy (non-hydrogen) atoms. The van der Waals surface area contributed by atoms with Gasteiger partial charge in [-0.05, 0) is 24.3 Å². The van der Waals surface area contributed by atoms with E-state index < -0.39 is 6.10 Å². The molecule has 2 rings (SSSR count). The van der Waals surface area contributed by atoms with E-state index in [0.717, 1.165) is 4.47 Å². The van der Waals surface area contributed by atoms with E-state index in [9.17, 15) is 5.11 Å². The quantitative estimate of drug-likeness (QED) is 0.733. The predicted molar refractivity (Wildman–Crippen MR) is 87.0 cm³/mol. The van der Waals surface area contributed by atoms with Crippen LogP contribution in [0.5, 0.6) is 0 Å². The van der Waals surface area contributed by atoms with Crippen molar-refractivity contribution in [3.05, 3.63) is 50.8 Å². The minimum atomic E-state index is -0.684. The first-order chi connectivity index (χ1) is 10.1. The van der Waals surface area contributed by atoms with E-state index in [-0.39, 0.29) is 13.2 Å². The molecule has 0 spiro atoms. The van der Waals surface area contributed by atoms with Crippen LogP contribution in [0.2, 0.25) is 10.0 Å². The number of hydrogen-bond donors (Lipinski definition) is 2. The fraction of sp³-hybridized carbons (Fsp3) is 0.286. The average Bonchev–Trinajstić information content (AvgIpc) is 2.90. The first kappa shape index (κ1) is 16.6. The van der Waals surface area contributed by atoms with Crippen LogP contribution in [-0.2, 0) is 11.3 Å². The van der Waals surface area contributed by atoms with Gasteiger partial charge in [-0.1, -0.05) is 39.1 Å². The molecule has 0 aliphatic rings. The van der Waals surface area contributed by atoms with Gasteiger partial charge < -0.3 is 19.6 Å². The number of ether oxygens (including phenoxy) is 1. The molecule has 4 nitrogen and oxygen atoms in total. The minimum absolute atomic E-state index is 0.180. The molecule has 0 aliphatic heterocycles. The largest absolute Gasteiger partial charge is 0.467 e. The Hall–Kier alpha value is -0.720. The summed E-state index contributed by atoms with van der Waals surface area (Å²) in [5, 5.41) is 13.8. The second kappa shape index (κ2) is 8.06. The zero-order valence-corrected chi connectivity index (χ0v) is 14.1. The number of hydrogen-bond acceptors (Lipinski definition) is 4. The van der Waals surface area contributed by atoms with Crippen molar-refractivity contribution in [2.45, 2.75) is 12.7 Å². The molecule has 0 radical (unpaired) electrons. The topological polar surface area (TPSA) is 54.6 Å². The highest BCUT2D eigenvalue weighted by Crippen LogP contribution is 2.33. The van der Waals surface area contributed by atoms with E-state index >= 15 is 0 Å². The Morgan fingerprint density at radius 1 is 1.33 bits per heavy atom. The molecular weight excluding hydrogens is 381 g/mol. The van der Waals surface area contributed by atoms with Gasteiger partial charge in [-0.25, -0.2) is 0 Å². The lowest BCUT2D eigenvalue weighted by Crippen LogP contribution is -2.25. The second-order valence-corrected chi connectivity index (χ2v) is 6.10. The van der Waals surface area contributed by atoms with Crippen LogP contribution in [0.25, 0.3) is 0 Å². The van der Waals surface area contributed by atoms with Crippen molar-refractivity contribution in [1.82, 2.24) is 0 Å². The molecule has 2 N–H and O–H groups in total. The summed E-state index contributed by atoms with van der Waals surface area (Å²) in [4.78, 5) is 0. The van der Waals surface area contributed by atoms with Crippen LogP contribution in [-0.4, -0.2) is 24.4 Å². The van der Waals surface area contributed by atoms with Gasteiger partial charge in [0.25, 0.3) is 0 Å². The van der Waals surface area contributed by atoms with Gasteiger partial charge in [-0.15, -0.1) is 0 Å². The van der Waals surface area contributed by atoms with E-state index in [1.54, 1.807) is 24.5 Å². The molecule has 0 amide bonds. The summed E-state index contributed by atoms with van der Waals surface area (Å²) in [6, 6.07) is 7.06. The maximum atomic E-state index is 9.86. The molecule has 114 valence electrons. The van der Waals surface area contributed by atoms with Gasteiger partial charge in [0.2, 0.25) is 0 Å². The van der Waals surface area contributed by atoms with Crippen LogP contribution in [0.15, 0.2) is 39.4 Å². The first-order valence-electron chi connectivity index (χ1n) is 6.23. The van der Waals surface area contributed by atoms with Crippen molar-refractivity contribution in [3.8, 4) is 0 Å². The first-order valence-corrected chi connectivity index (χ1v) is 7.77. The van der Waals surface area contributed by atoms with Crippen LogP contribution in [0.3, 0.4) is 0 Å². The molecule has 1 aromatic heterocycles. The number of furan rings is 1. The van der Waals surface area contributed by atoms with Gasteiger partial charge in [0.1, 0.15) is 12.4 Å². The second-order valence-electron chi connectivity index (χ2n) is 4.37. The van der Waals surface area contributed by atoms with Gasteiger partial charge in [0.05, 0.1) is 34.7 Å². The normalized spacial score (nSPS) is 12.4. The highest BCUT2D eigenvalue weighted by atomic mass is 79.9. The summed E-state index contributed by atoms with van der Waals surface area (Å²) in [5.41, 5.74) is 0.589. The Balaban J connectivity index is 1.77. The minimum Gasteiger partial charge on any atom is -0.467 e. The molecule has 0 fully saturated rings. The molecule has 1 heterocycles. The Bertz CT molecular complexity index is 555. The fourth-order valence-corrected chi connectivity index (χ4v) is 3.02. The standard InChI is InChI=1S/C14H14BrCl2NO3/c15-9-4-12(16)14(13(17)5-9)18-6-10(19)7-20-8-11-2-1-3-21-11/h1-5,10,18-19H,6-8H2. The van der Waals surface area contributed by atoms with Crippen molar-refractivity contribution < 1.29 is 14.3 Å². The molecule has 0 aliphatic carbocycles. The molecule has 7 heteroatoms. The molecule has 1 unspecified atom stereocenters. The summed E-state index contributed by atoms with van der Waals surface area (Å²) < 4.78 is 11.3. The highest BCUT2D eigenvalue weighted by Gasteiger charge is 2.10. The molecule has 1 aromatic carbocycles. The summed E-state index contributed by atoms with van der Waals surface area (Å²) in [6.45, 7) is 0.780. The van der Waals surface area contributed by atoms with Crippen molar-refractivity contribution in [2.24, 2.45) is 0 Å². The lowest BCUT2D eigenvalue weighted by atomic mass is 10.3. The molecule has 0 bridgehead atoms. The third-order valence-electron chi connectivity index (χ3n) is 2.66. The Kier molecular flexibility index (Phi) is 6.39. The van der Waals surface area contributed by atoms with Gasteiger partial charge in [-0.3, -0.25) is 0 Å². The zero-order chi connectivity index (χ0) is 15.2. The number of anilines is 1. The molecule has 1 atom stereocenters. The number of benzene rings is 1. The summed E-state index contributed by atoms with van der Waals surface area (Å²) >= 11 is 15.5. The van der Waals surface area contributed by atoms with Crippen LogP contribution in [0.4, 0.5) is 5.69 Å². The van der Waals surface area contributed by atoms with Crippen molar-refractivity contribution in [3.63, 3.8) is 0 Å². The average molecular weight is 395 g/mol. The fourth-order valence-electron chi connectivity index (χ4n) is 1.68. The zero-order valence-electron chi connectivity index (χ0n) is 11.0. The lowest BCUT2D eigenvalue weighted by Gasteiger charge is -2.15. The van der Waals surface area contributed by atoms with E-state index in [0.29, 0.717) is 28.1 Å². The third-order valence-corrected chi connectivity index (χ3v) is 3.71. The summed E-state index contributed by atoms with van der Waals surface area (Å²) in [7, 11) is 0. The van der Waals surface area contributed by atoms with E-state index in [1.807, 2.05) is 6.07 Å². The van der Waals surface area contributed by atoms with Crippen molar-refractivity contribution in [1.29, 1.82) is 0 Å². The molecule has 0 saturated heterocycles. The van der Waals surface area contributed by atoms with Gasteiger partial charge in [0, 0.05) is 11.0 Å². The molecule has 0 saturated carbocycles. The van der Waals surface area contributed by atoms with Crippen molar-refractivity contribution >= 4 is 44.8 Å². The monoisotopic (exact) mass is 393 g/mol. The van der Waals surface area contributed by atoms with Crippen LogP contribution in [0, 0.1) is 0 Å². The number of nitrogens with one attached hydrogen (secondary N) is 1. The predicted octanol–water partition coefficient (Wildman–Crippen LogP) is 4.34. The van der Waals surface area contributed by atoms with Crippen molar-refractivity contribution in [2.75, 3.05) is 18.5 Å². The third kappa shape index (κ3) is 5.20. The molecular formula is C14H14BrCl2NO3. The van der Waals surface area contributed by atoms with E-state index in [4.69, 9.17) is 32.4 Å². The Labute approximate surface area is 141 Å². The maximum Gasteiger partial charge on any atom is 0.129 e. The highest BCUT2D eigenvalue weighted by molar-refractivity contribution is 9.10. The van der Waals surface area contributed by atoms with Gasteiger partial charge in [0.15, 0.2) is 0 Å². The number of rotatable bonds is 7. The Morgan fingerprint density at radius 2 is 2.05 bits per heavy atom. The molecule has 2 aromatic rings. The van der Waals surface area contributed by atoms with Gasteiger partial charge >= 0.3 is 0 Å². The maximum absolute atomic E-state index is 9.86. The van der Waals surface area contributed by atoms with Gasteiger partial charge in [-0.2, -0.15) is 0 Å². The number of aliphatic hydroxyl groups is 1. The van der Waals surface area contributed by atoms with E-state index in [2.05, 4.69) is 21.2 Å². The Morgan fingerprint density at radius 3 is 2.67 bits per heavy atom. The summed E-state index contributed by atoms with van der Waals surface area (Å²) in [6.07, 6.45) is 0.893. The smallest absolute Gasteiger partial charge is 0.129 e.